The highest BCUT2D eigenvalue weighted by Gasteiger charge is 2.25. The van der Waals surface area contributed by atoms with Gasteiger partial charge in [0.25, 0.3) is 5.69 Å². The molecule has 3 N–H and O–H groups in total. The molecule has 1 saturated heterocycles. The van der Waals surface area contributed by atoms with E-state index in [1.807, 2.05) is 0 Å². The van der Waals surface area contributed by atoms with E-state index in [2.05, 4.69) is 10.2 Å². The number of rotatable bonds is 6. The van der Waals surface area contributed by atoms with Gasteiger partial charge in [0.1, 0.15) is 5.02 Å². The van der Waals surface area contributed by atoms with Crippen LogP contribution >= 0.6 is 24.0 Å². The normalized spacial score (nSPS) is 17.8. The first-order valence-electron chi connectivity index (χ1n) is 7.64. The molecule has 1 fully saturated rings. The van der Waals surface area contributed by atoms with E-state index in [4.69, 9.17) is 17.3 Å². The minimum atomic E-state index is -0.481. The van der Waals surface area contributed by atoms with Crippen molar-refractivity contribution in [3.63, 3.8) is 0 Å². The summed E-state index contributed by atoms with van der Waals surface area (Å²) >= 11 is 5.83. The molecule has 0 radical (unpaired) electrons. The van der Waals surface area contributed by atoms with Gasteiger partial charge >= 0.3 is 0 Å². The molecule has 1 aromatic rings. The van der Waals surface area contributed by atoms with Crippen molar-refractivity contribution in [1.82, 2.24) is 10.2 Å². The van der Waals surface area contributed by atoms with Crippen molar-refractivity contribution in [2.75, 3.05) is 26.2 Å². The Morgan fingerprint density at radius 3 is 2.92 bits per heavy atom. The molecule has 1 unspecified atom stereocenters. The van der Waals surface area contributed by atoms with Crippen molar-refractivity contribution in [2.45, 2.75) is 19.4 Å². The van der Waals surface area contributed by atoms with E-state index in [9.17, 15) is 14.9 Å². The van der Waals surface area contributed by atoms with Gasteiger partial charge in [-0.3, -0.25) is 19.8 Å². The fraction of sp³-hybridized carbons (Fsp3) is 0.533. The number of hydrogen-bond acceptors (Lipinski definition) is 5. The zero-order chi connectivity index (χ0) is 16.8. The number of nitrogens with one attached hydrogen (secondary N) is 1. The maximum Gasteiger partial charge on any atom is 0.288 e. The average Bonchev–Trinajstić information content (AvgIpc) is 2.54. The molecule has 1 aromatic carbocycles. The standard InChI is InChI=1S/C15H21ClN4O3.ClH/c16-13-4-3-11(8-14(13)20(22)23)9-19-7-1-2-12(10-19)15(21)18-6-5-17;/h3-4,8,12H,1-2,5-7,9-10,17H2,(H,18,21);1H. The third-order valence-corrected chi connectivity index (χ3v) is 4.25. The van der Waals surface area contributed by atoms with Crippen LogP contribution in [0, 0.1) is 16.0 Å². The van der Waals surface area contributed by atoms with Gasteiger partial charge in [0.05, 0.1) is 10.8 Å². The molecule has 7 nitrogen and oxygen atoms in total. The second-order valence-electron chi connectivity index (χ2n) is 5.70. The zero-order valence-electron chi connectivity index (χ0n) is 13.2. The molecule has 0 spiro atoms. The summed E-state index contributed by atoms with van der Waals surface area (Å²) in [7, 11) is 0. The monoisotopic (exact) mass is 376 g/mol. The van der Waals surface area contributed by atoms with Crippen molar-refractivity contribution in [3.05, 3.63) is 38.9 Å². The Kier molecular flexibility index (Phi) is 8.41. The smallest absolute Gasteiger partial charge is 0.288 e. The third kappa shape index (κ3) is 5.59. The Balaban J connectivity index is 0.00000288. The van der Waals surface area contributed by atoms with Gasteiger partial charge in [-0.1, -0.05) is 17.7 Å². The number of carbonyl (C=O) groups is 1. The van der Waals surface area contributed by atoms with Gasteiger partial charge in [-0.05, 0) is 31.0 Å². The molecule has 0 bridgehead atoms. The lowest BCUT2D eigenvalue weighted by atomic mass is 9.96. The van der Waals surface area contributed by atoms with Crippen LogP contribution in [0.4, 0.5) is 5.69 Å². The average molecular weight is 377 g/mol. The van der Waals surface area contributed by atoms with Crippen molar-refractivity contribution < 1.29 is 9.72 Å². The van der Waals surface area contributed by atoms with E-state index >= 15 is 0 Å². The number of likely N-dealkylation sites (tertiary alicyclic amines) is 1. The molecule has 9 heteroatoms. The van der Waals surface area contributed by atoms with Crippen LogP contribution in [0.3, 0.4) is 0 Å². The van der Waals surface area contributed by atoms with E-state index in [0.29, 0.717) is 26.2 Å². The molecule has 0 aromatic heterocycles. The predicted octanol–water partition coefficient (Wildman–Crippen LogP) is 1.96. The summed E-state index contributed by atoms with van der Waals surface area (Å²) in [5.41, 5.74) is 6.13. The molecule has 134 valence electrons. The molecule has 1 atom stereocenters. The summed E-state index contributed by atoms with van der Waals surface area (Å²) in [4.78, 5) is 24.7. The van der Waals surface area contributed by atoms with Gasteiger partial charge < -0.3 is 11.1 Å². The highest BCUT2D eigenvalue weighted by molar-refractivity contribution is 6.32. The van der Waals surface area contributed by atoms with Gasteiger partial charge in [0.15, 0.2) is 0 Å². The molecule has 24 heavy (non-hydrogen) atoms. The number of nitro groups is 1. The molecule has 1 aliphatic rings. The Morgan fingerprint density at radius 2 is 2.25 bits per heavy atom. The van der Waals surface area contributed by atoms with Crippen LogP contribution in [-0.4, -0.2) is 41.9 Å². The summed E-state index contributed by atoms with van der Waals surface area (Å²) in [6.45, 7) is 3.00. The summed E-state index contributed by atoms with van der Waals surface area (Å²) in [6.07, 6.45) is 1.78. The minimum Gasteiger partial charge on any atom is -0.355 e. The predicted molar refractivity (Wildman–Crippen MR) is 95.4 cm³/mol. The molecule has 1 amide bonds. The second kappa shape index (κ2) is 9.78. The molecule has 1 heterocycles. The number of halogens is 2. The van der Waals surface area contributed by atoms with E-state index in [0.717, 1.165) is 24.9 Å². The lowest BCUT2D eigenvalue weighted by Gasteiger charge is -2.32. The van der Waals surface area contributed by atoms with Crippen LogP contribution in [0.1, 0.15) is 18.4 Å². The SMILES string of the molecule is Cl.NCCNC(=O)C1CCCN(Cc2ccc(Cl)c([N+](=O)[O-])c2)C1. The van der Waals surface area contributed by atoms with Crippen LogP contribution in [-0.2, 0) is 11.3 Å². The van der Waals surface area contributed by atoms with Gasteiger partial charge in [-0.15, -0.1) is 12.4 Å². The molecule has 0 saturated carbocycles. The van der Waals surface area contributed by atoms with Gasteiger partial charge in [0.2, 0.25) is 5.91 Å². The number of piperidine rings is 1. The van der Waals surface area contributed by atoms with E-state index < -0.39 is 4.92 Å². The Labute approximate surface area is 152 Å². The van der Waals surface area contributed by atoms with Crippen molar-refractivity contribution in [3.8, 4) is 0 Å². The number of nitrogens with two attached hydrogens (primary N) is 1. The summed E-state index contributed by atoms with van der Waals surface area (Å²) in [6, 6.07) is 4.83. The van der Waals surface area contributed by atoms with Crippen LogP contribution in [0.15, 0.2) is 18.2 Å². The van der Waals surface area contributed by atoms with Gasteiger partial charge in [-0.2, -0.15) is 0 Å². The summed E-state index contributed by atoms with van der Waals surface area (Å²) in [5.74, 6) is -0.0279. The summed E-state index contributed by atoms with van der Waals surface area (Å²) in [5, 5.41) is 13.9. The number of nitrogens with zero attached hydrogens (tertiary/aromatic N) is 2. The topological polar surface area (TPSA) is 102 Å². The van der Waals surface area contributed by atoms with Crippen molar-refractivity contribution in [2.24, 2.45) is 11.7 Å². The highest BCUT2D eigenvalue weighted by atomic mass is 35.5. The Bertz CT molecular complexity index is 586. The van der Waals surface area contributed by atoms with Crippen LogP contribution < -0.4 is 11.1 Å². The van der Waals surface area contributed by atoms with Crippen molar-refractivity contribution in [1.29, 1.82) is 0 Å². The van der Waals surface area contributed by atoms with E-state index in [1.54, 1.807) is 12.1 Å². The Hall–Kier alpha value is -1.41. The number of benzene rings is 1. The zero-order valence-corrected chi connectivity index (χ0v) is 14.8. The van der Waals surface area contributed by atoms with Gasteiger partial charge in [0, 0.05) is 32.2 Å². The van der Waals surface area contributed by atoms with Crippen LogP contribution in [0.5, 0.6) is 0 Å². The van der Waals surface area contributed by atoms with E-state index in [-0.39, 0.29) is 34.9 Å². The molecule has 1 aliphatic heterocycles. The molecular formula is C15H22Cl2N4O3. The largest absolute Gasteiger partial charge is 0.355 e. The third-order valence-electron chi connectivity index (χ3n) is 3.93. The number of nitro benzene ring substituents is 1. The fourth-order valence-electron chi connectivity index (χ4n) is 2.81. The fourth-order valence-corrected chi connectivity index (χ4v) is 2.99. The summed E-state index contributed by atoms with van der Waals surface area (Å²) < 4.78 is 0. The van der Waals surface area contributed by atoms with E-state index in [1.165, 1.54) is 6.07 Å². The molecule has 2 rings (SSSR count). The van der Waals surface area contributed by atoms with Crippen LogP contribution in [0.2, 0.25) is 5.02 Å². The lowest BCUT2D eigenvalue weighted by Crippen LogP contribution is -2.43. The number of hydrogen-bond donors (Lipinski definition) is 2. The maximum absolute atomic E-state index is 12.0. The van der Waals surface area contributed by atoms with Crippen LogP contribution in [0.25, 0.3) is 0 Å². The first-order valence-corrected chi connectivity index (χ1v) is 8.02. The maximum atomic E-state index is 12.0. The quantitative estimate of drug-likeness (QED) is 0.583. The van der Waals surface area contributed by atoms with Gasteiger partial charge in [-0.25, -0.2) is 0 Å². The molecular weight excluding hydrogens is 355 g/mol. The number of amides is 1. The Morgan fingerprint density at radius 1 is 1.50 bits per heavy atom. The number of carbonyl (C=O) groups excluding carboxylic acids is 1. The highest BCUT2D eigenvalue weighted by Crippen LogP contribution is 2.26. The molecule has 0 aliphatic carbocycles. The second-order valence-corrected chi connectivity index (χ2v) is 6.10. The first-order chi connectivity index (χ1) is 11.0. The minimum absolute atomic E-state index is 0. The lowest BCUT2D eigenvalue weighted by molar-refractivity contribution is -0.384. The van der Waals surface area contributed by atoms with Crippen molar-refractivity contribution >= 4 is 35.6 Å². The first kappa shape index (κ1) is 20.6.